The Morgan fingerprint density at radius 1 is 1.03 bits per heavy atom. The van der Waals surface area contributed by atoms with Gasteiger partial charge < -0.3 is 10.0 Å². The molecule has 2 aromatic rings. The zero-order valence-corrected chi connectivity index (χ0v) is 16.8. The quantitative estimate of drug-likeness (QED) is 0.667. The van der Waals surface area contributed by atoms with E-state index < -0.39 is 45.4 Å². The zero-order valence-electron chi connectivity index (χ0n) is 16.0. The lowest BCUT2D eigenvalue weighted by molar-refractivity contribution is 0.0676. The van der Waals surface area contributed by atoms with Gasteiger partial charge in [-0.1, -0.05) is 12.1 Å². The van der Waals surface area contributed by atoms with Gasteiger partial charge in [0.25, 0.3) is 11.5 Å². The number of halogens is 1. The van der Waals surface area contributed by atoms with E-state index in [2.05, 4.69) is 0 Å². The van der Waals surface area contributed by atoms with Gasteiger partial charge in [0.05, 0.1) is 0 Å². The number of fused-ring (bicyclic) bond motifs is 1. The summed E-state index contributed by atoms with van der Waals surface area (Å²) in [4.78, 5) is 40.0. The van der Waals surface area contributed by atoms with Crippen molar-refractivity contribution < 1.29 is 23.4 Å². The second-order valence-corrected chi connectivity index (χ2v) is 10.0. The highest BCUT2D eigenvalue weighted by molar-refractivity contribution is 8.24. The van der Waals surface area contributed by atoms with Crippen molar-refractivity contribution in [2.75, 3.05) is 18.1 Å². The Morgan fingerprint density at radius 2 is 1.67 bits per heavy atom. The predicted molar refractivity (Wildman–Crippen MR) is 109 cm³/mol. The van der Waals surface area contributed by atoms with Crippen LogP contribution in [0.2, 0.25) is 0 Å². The summed E-state index contributed by atoms with van der Waals surface area (Å²) in [6.07, 6.45) is 0.446. The molecule has 0 aliphatic carbocycles. The summed E-state index contributed by atoms with van der Waals surface area (Å²) in [7, 11) is -2.70. The Balaban J connectivity index is 1.67. The highest BCUT2D eigenvalue weighted by atomic mass is 32.3. The van der Waals surface area contributed by atoms with Crippen LogP contribution in [0.1, 0.15) is 34.9 Å². The van der Waals surface area contributed by atoms with Crippen LogP contribution >= 0.6 is 10.6 Å². The van der Waals surface area contributed by atoms with Crippen molar-refractivity contribution in [2.24, 2.45) is 0 Å². The Morgan fingerprint density at radius 3 is 2.30 bits per heavy atom. The summed E-state index contributed by atoms with van der Waals surface area (Å²) < 4.78 is 34.7. The summed E-state index contributed by atoms with van der Waals surface area (Å²) in [5.74, 6) is -1.68. The van der Waals surface area contributed by atoms with Crippen molar-refractivity contribution >= 4 is 16.5 Å². The van der Waals surface area contributed by atoms with Crippen LogP contribution < -0.4 is 11.2 Å². The number of aromatic hydroxyl groups is 1. The number of benzene rings is 1. The van der Waals surface area contributed by atoms with Crippen LogP contribution in [-0.2, 0) is 13.1 Å². The first-order valence-corrected chi connectivity index (χ1v) is 11.4. The van der Waals surface area contributed by atoms with E-state index in [0.29, 0.717) is 5.56 Å². The van der Waals surface area contributed by atoms with Gasteiger partial charge in [-0.15, -0.1) is 0 Å². The summed E-state index contributed by atoms with van der Waals surface area (Å²) in [5, 5.41) is 10.5. The molecule has 1 aromatic heterocycles. The average Bonchev–Trinajstić information content (AvgIpc) is 2.70. The third-order valence-corrected chi connectivity index (χ3v) is 7.42. The summed E-state index contributed by atoms with van der Waals surface area (Å²) in [6.45, 7) is 0.430. The fourth-order valence-electron chi connectivity index (χ4n) is 3.99. The largest absolute Gasteiger partial charge is 0.501 e. The number of aromatic nitrogens is 2. The lowest BCUT2D eigenvalue weighted by Crippen LogP contribution is -2.51. The molecule has 11 heteroatoms. The van der Waals surface area contributed by atoms with Crippen LogP contribution in [0.5, 0.6) is 5.75 Å². The maximum atomic E-state index is 13.1. The summed E-state index contributed by atoms with van der Waals surface area (Å²) in [5.41, 5.74) is -1.32. The van der Waals surface area contributed by atoms with Crippen LogP contribution in [0.4, 0.5) is 4.39 Å². The summed E-state index contributed by atoms with van der Waals surface area (Å²) >= 11 is 0. The van der Waals surface area contributed by atoms with Crippen LogP contribution in [0, 0.1) is 5.82 Å². The molecule has 0 bridgehead atoms. The van der Waals surface area contributed by atoms with Crippen molar-refractivity contribution in [1.82, 2.24) is 14.0 Å². The van der Waals surface area contributed by atoms with Gasteiger partial charge >= 0.3 is 5.69 Å². The van der Waals surface area contributed by atoms with Gasteiger partial charge in [-0.3, -0.25) is 27.8 Å². The molecule has 3 N–H and O–H groups in total. The SMILES string of the molecule is O=C1c2c(O)c(=O)n(C3CCS(O)(O)CC3)c(=O)n2CCN1Cc1ccc(F)cc1. The average molecular weight is 439 g/mol. The number of hydrogen-bond acceptors (Lipinski definition) is 6. The number of hydrogen-bond donors (Lipinski definition) is 3. The number of rotatable bonds is 3. The molecular weight excluding hydrogens is 417 g/mol. The lowest BCUT2D eigenvalue weighted by Gasteiger charge is -2.39. The minimum Gasteiger partial charge on any atom is -0.501 e. The molecule has 9 nitrogen and oxygen atoms in total. The summed E-state index contributed by atoms with van der Waals surface area (Å²) in [6, 6.07) is 5.06. The molecule has 1 fully saturated rings. The third-order valence-electron chi connectivity index (χ3n) is 5.64. The normalized spacial score (nSPS) is 20.1. The number of amides is 1. The zero-order chi connectivity index (χ0) is 21.6. The first-order valence-electron chi connectivity index (χ1n) is 9.53. The maximum absolute atomic E-state index is 13.1. The molecule has 2 aliphatic rings. The van der Waals surface area contributed by atoms with Gasteiger partial charge in [-0.25, -0.2) is 9.18 Å². The molecule has 0 spiro atoms. The molecule has 4 rings (SSSR count). The van der Waals surface area contributed by atoms with Gasteiger partial charge in [0.1, 0.15) is 5.82 Å². The van der Waals surface area contributed by atoms with Crippen molar-refractivity contribution in [2.45, 2.75) is 32.0 Å². The van der Waals surface area contributed by atoms with Crippen LogP contribution in [0.15, 0.2) is 33.9 Å². The molecule has 1 amide bonds. The minimum absolute atomic E-state index is 0.0798. The predicted octanol–water partition coefficient (Wildman–Crippen LogP) is 1.60. The van der Waals surface area contributed by atoms with Crippen molar-refractivity contribution in [3.8, 4) is 5.75 Å². The monoisotopic (exact) mass is 439 g/mol. The molecule has 3 heterocycles. The molecule has 0 unspecified atom stereocenters. The first-order chi connectivity index (χ1) is 14.2. The van der Waals surface area contributed by atoms with E-state index in [1.807, 2.05) is 0 Å². The second kappa shape index (κ2) is 7.56. The van der Waals surface area contributed by atoms with E-state index in [9.17, 15) is 33.0 Å². The lowest BCUT2D eigenvalue weighted by atomic mass is 10.1. The molecule has 0 radical (unpaired) electrons. The molecule has 30 heavy (non-hydrogen) atoms. The molecule has 2 aliphatic heterocycles. The van der Waals surface area contributed by atoms with E-state index in [4.69, 9.17) is 0 Å². The van der Waals surface area contributed by atoms with E-state index in [1.165, 1.54) is 29.2 Å². The van der Waals surface area contributed by atoms with Gasteiger partial charge in [-0.05, 0) is 30.5 Å². The second-order valence-electron chi connectivity index (χ2n) is 7.60. The highest BCUT2D eigenvalue weighted by Gasteiger charge is 2.34. The molecule has 0 saturated carbocycles. The molecule has 0 atom stereocenters. The van der Waals surface area contributed by atoms with Gasteiger partial charge in [0, 0.05) is 37.2 Å². The Hall–Kier alpha value is -2.63. The maximum Gasteiger partial charge on any atom is 0.332 e. The molecule has 1 aromatic carbocycles. The van der Waals surface area contributed by atoms with Gasteiger partial charge in [0.2, 0.25) is 5.75 Å². The third kappa shape index (κ3) is 3.64. The van der Waals surface area contributed by atoms with Gasteiger partial charge in [0.15, 0.2) is 5.69 Å². The van der Waals surface area contributed by atoms with Crippen molar-refractivity contribution in [1.29, 1.82) is 0 Å². The standard InChI is InChI=1S/C19H22FN3O6S/c20-13-3-1-12(2-4-13)11-21-7-8-22-15(17(21)25)16(24)18(26)23(19(22)27)14-5-9-30(28,29)10-6-14/h1-4,14,24,28-29H,5-11H2. The van der Waals surface area contributed by atoms with E-state index in [1.54, 1.807) is 0 Å². The Kier molecular flexibility index (Phi) is 5.20. The van der Waals surface area contributed by atoms with Crippen molar-refractivity contribution in [3.63, 3.8) is 0 Å². The van der Waals surface area contributed by atoms with Crippen LogP contribution in [0.3, 0.4) is 0 Å². The molecule has 162 valence electrons. The highest BCUT2D eigenvalue weighted by Crippen LogP contribution is 2.46. The Bertz CT molecular complexity index is 1100. The molecular formula is C19H22FN3O6S. The van der Waals surface area contributed by atoms with E-state index in [-0.39, 0.29) is 49.7 Å². The molecule has 1 saturated heterocycles. The van der Waals surface area contributed by atoms with Crippen LogP contribution in [-0.4, -0.2) is 52.2 Å². The van der Waals surface area contributed by atoms with Crippen molar-refractivity contribution in [3.05, 3.63) is 62.2 Å². The minimum atomic E-state index is -2.70. The fourth-order valence-corrected chi connectivity index (χ4v) is 5.49. The number of carbonyl (C=O) groups is 1. The van der Waals surface area contributed by atoms with Gasteiger partial charge in [-0.2, -0.15) is 10.6 Å². The van der Waals surface area contributed by atoms with E-state index >= 15 is 0 Å². The number of nitrogens with zero attached hydrogens (tertiary/aromatic N) is 3. The van der Waals surface area contributed by atoms with E-state index in [0.717, 1.165) is 9.13 Å². The Labute approximate surface area is 172 Å². The fraction of sp³-hybridized carbons (Fsp3) is 0.421. The first kappa shape index (κ1) is 20.6. The number of carbonyl (C=O) groups excluding carboxylic acids is 1. The topological polar surface area (TPSA) is 125 Å². The smallest absolute Gasteiger partial charge is 0.332 e. The van der Waals surface area contributed by atoms with Crippen LogP contribution in [0.25, 0.3) is 0 Å².